The van der Waals surface area contributed by atoms with Crippen LogP contribution in [0.1, 0.15) is 72.9 Å². The number of hydrogen-bond acceptors (Lipinski definition) is 5. The molecule has 0 atom stereocenters. The Hall–Kier alpha value is -8.74. The molecule has 0 spiro atoms. The first-order valence-electron chi connectivity index (χ1n) is 27.4. The fraction of sp³-hybridized carbons (Fsp3) is 0.137. The summed E-state index contributed by atoms with van der Waals surface area (Å²) in [6.45, 7) is 9.00. The van der Waals surface area contributed by atoms with Gasteiger partial charge in [0.15, 0.2) is 0 Å². The largest absolute Gasteiger partial charge is 3.00 e. The van der Waals surface area contributed by atoms with Gasteiger partial charge in [-0.2, -0.15) is 0 Å². The Morgan fingerprint density at radius 2 is 1.15 bits per heavy atom. The van der Waals surface area contributed by atoms with Crippen molar-refractivity contribution in [2.45, 2.75) is 65.2 Å². The predicted molar refractivity (Wildman–Crippen MR) is 323 cm³/mol. The van der Waals surface area contributed by atoms with Gasteiger partial charge in [0.05, 0.1) is 11.4 Å². The molecule has 9 aromatic carbocycles. The molecule has 6 nitrogen and oxygen atoms in total. The predicted octanol–water partition coefficient (Wildman–Crippen LogP) is 18.6. The molecule has 13 aromatic rings. The number of fused-ring (bicyclic) bond motifs is 6. The summed E-state index contributed by atoms with van der Waals surface area (Å²) in [6.07, 6.45) is 11.2. The van der Waals surface area contributed by atoms with Crippen molar-refractivity contribution < 1.29 is 29.3 Å². The van der Waals surface area contributed by atoms with E-state index >= 15 is 0 Å². The van der Waals surface area contributed by atoms with E-state index in [2.05, 4.69) is 200 Å². The molecular weight excluding hydrogens is 1160 g/mol. The fourth-order valence-corrected chi connectivity index (χ4v) is 10.8. The van der Waals surface area contributed by atoms with Gasteiger partial charge in [0, 0.05) is 35.9 Å². The van der Waals surface area contributed by atoms with Crippen LogP contribution in [0, 0.1) is 18.2 Å². The number of pyridine rings is 2. The molecule has 0 saturated carbocycles. The summed E-state index contributed by atoms with van der Waals surface area (Å²) in [7, 11) is 0. The van der Waals surface area contributed by atoms with Crippen LogP contribution in [0.15, 0.2) is 229 Å². The van der Waals surface area contributed by atoms with Gasteiger partial charge in [0.2, 0.25) is 0 Å². The van der Waals surface area contributed by atoms with Crippen LogP contribution < -0.4 is 4.74 Å². The minimum atomic E-state index is 0. The van der Waals surface area contributed by atoms with Crippen LogP contribution in [0.5, 0.6) is 11.5 Å². The minimum Gasteiger partial charge on any atom is -0.501 e. The molecule has 0 radical (unpaired) electrons. The first-order valence-corrected chi connectivity index (χ1v) is 27.4. The van der Waals surface area contributed by atoms with Gasteiger partial charge in [-0.3, -0.25) is 4.98 Å². The third-order valence-electron chi connectivity index (χ3n) is 14.9. The third-order valence-corrected chi connectivity index (χ3v) is 14.9. The van der Waals surface area contributed by atoms with Crippen molar-refractivity contribution in [3.05, 3.63) is 277 Å². The van der Waals surface area contributed by atoms with Gasteiger partial charge in [0.1, 0.15) is 17.1 Å². The summed E-state index contributed by atoms with van der Waals surface area (Å²) in [4.78, 5) is 13.9. The van der Waals surface area contributed by atoms with E-state index in [1.54, 1.807) is 0 Å². The molecule has 0 aliphatic carbocycles. The molecule has 0 saturated heterocycles. The van der Waals surface area contributed by atoms with Crippen molar-refractivity contribution >= 4 is 43.5 Å². The van der Waals surface area contributed by atoms with Gasteiger partial charge in [-0.25, -0.2) is 0 Å². The average Bonchev–Trinajstić information content (AvgIpc) is 4.35. The van der Waals surface area contributed by atoms with Crippen molar-refractivity contribution in [1.29, 1.82) is 0 Å². The van der Waals surface area contributed by atoms with Gasteiger partial charge >= 0.3 is 20.1 Å². The van der Waals surface area contributed by atoms with Crippen molar-refractivity contribution in [2.24, 2.45) is 0 Å². The molecule has 0 unspecified atom stereocenters. The Kier molecular flexibility index (Phi) is 16.0. The number of aromatic nitrogens is 4. The minimum absolute atomic E-state index is 0. The molecule has 4 aromatic heterocycles. The number of furan rings is 1. The summed E-state index contributed by atoms with van der Waals surface area (Å²) < 4.78 is 15.4. The molecule has 4 heterocycles. The summed E-state index contributed by atoms with van der Waals surface area (Å²) in [6, 6.07) is 79.3. The number of hydrogen-bond donors (Lipinski definition) is 0. The van der Waals surface area contributed by atoms with E-state index in [1.807, 2.05) is 85.3 Å². The molecule has 0 amide bonds. The van der Waals surface area contributed by atoms with E-state index < -0.39 is 0 Å². The molecule has 7 heteroatoms. The summed E-state index contributed by atoms with van der Waals surface area (Å²) in [5.41, 5.74) is 15.2. The molecular formula is C73H59IrN4O2. The molecule has 0 bridgehead atoms. The van der Waals surface area contributed by atoms with Crippen LogP contribution in [0.2, 0.25) is 0 Å². The van der Waals surface area contributed by atoms with Crippen LogP contribution in [-0.2, 0) is 45.8 Å². The number of nitrogens with zero attached hydrogens (tertiary/aromatic N) is 4. The Balaban J connectivity index is 0.000000167. The van der Waals surface area contributed by atoms with E-state index in [4.69, 9.17) is 14.1 Å². The topological polar surface area (TPSA) is 66.0 Å². The molecule has 80 heavy (non-hydrogen) atoms. The second-order valence-corrected chi connectivity index (χ2v) is 20.7. The van der Waals surface area contributed by atoms with E-state index in [-0.39, 0.29) is 20.1 Å². The van der Waals surface area contributed by atoms with Crippen molar-refractivity contribution in [3.8, 4) is 51.1 Å². The number of imidazole rings is 1. The normalized spacial score (nSPS) is 11.3. The standard InChI is InChI=1S/C38H30N2O.C35H29N2O.Ir/c1-2-12-31(13-3-1)36-28-30(24-26-40-36)21-23-33-15-5-7-19-38(33)41-37-18-6-4-14-32(37)22-20-29-11-10-16-34(27-29)35-17-8-9-25-39-35;1-21(2)25-11-7-12-26(22(3)4)33(25)37-18-17-36-35(37)29-14-8-13-28-31-19-24-16-15-23-9-5-6-10-27(23)30(24)20-32(31)38-34(28)29;/h1-12,14-15,17-19,24-28H,20-23H2;5-13,15-22H,1-4H3;/q-2;-1;+3. The molecule has 0 aliphatic rings. The zero-order valence-electron chi connectivity index (χ0n) is 45.3. The Bertz CT molecular complexity index is 4100. The molecule has 0 fully saturated rings. The molecule has 392 valence electrons. The van der Waals surface area contributed by atoms with Gasteiger partial charge < -0.3 is 23.7 Å². The number of rotatable bonds is 14. The first kappa shape index (κ1) is 53.3. The summed E-state index contributed by atoms with van der Waals surface area (Å²) in [5.74, 6) is 3.41. The first-order chi connectivity index (χ1) is 38.8. The number of ether oxygens (including phenoxy) is 1. The Morgan fingerprint density at radius 3 is 1.89 bits per heavy atom. The van der Waals surface area contributed by atoms with Crippen molar-refractivity contribution in [1.82, 2.24) is 19.5 Å². The fourth-order valence-electron chi connectivity index (χ4n) is 10.8. The van der Waals surface area contributed by atoms with Crippen LogP contribution in [0.3, 0.4) is 0 Å². The second kappa shape index (κ2) is 24.1. The number of para-hydroxylation sites is 3. The molecule has 13 rings (SSSR count). The maximum absolute atomic E-state index is 6.63. The smallest absolute Gasteiger partial charge is 0.501 e. The van der Waals surface area contributed by atoms with Gasteiger partial charge in [-0.15, -0.1) is 89.5 Å². The van der Waals surface area contributed by atoms with Gasteiger partial charge in [-0.05, 0) is 129 Å². The Morgan fingerprint density at radius 1 is 0.475 bits per heavy atom. The summed E-state index contributed by atoms with van der Waals surface area (Å²) >= 11 is 0. The maximum atomic E-state index is 6.63. The van der Waals surface area contributed by atoms with Crippen LogP contribution in [-0.4, -0.2) is 19.5 Å². The Labute approximate surface area is 482 Å². The number of aryl methyl sites for hydroxylation is 4. The van der Waals surface area contributed by atoms with Crippen LogP contribution in [0.25, 0.3) is 83.1 Å². The summed E-state index contributed by atoms with van der Waals surface area (Å²) in [5, 5.41) is 7.08. The quantitative estimate of drug-likeness (QED) is 0.0802. The van der Waals surface area contributed by atoms with Crippen molar-refractivity contribution in [2.75, 3.05) is 0 Å². The van der Waals surface area contributed by atoms with Crippen LogP contribution >= 0.6 is 0 Å². The van der Waals surface area contributed by atoms with E-state index in [9.17, 15) is 0 Å². The van der Waals surface area contributed by atoms with E-state index in [1.165, 1.54) is 60.6 Å². The molecule has 0 N–H and O–H groups in total. The third kappa shape index (κ3) is 11.3. The zero-order chi connectivity index (χ0) is 53.7. The van der Waals surface area contributed by atoms with Crippen molar-refractivity contribution in [3.63, 3.8) is 0 Å². The van der Waals surface area contributed by atoms with E-state index in [0.29, 0.717) is 11.8 Å². The SMILES string of the molecule is CC(C)c1cccc(C(C)C)c1-n1ccnc1-c1[c-]ccc2c1oc1cc3c(ccc4ccccc43)cc12.[Ir+3].[c-]1ccccc1-c1cc(CCc2ccccc2Oc2ccccc2CCc2cc[c-]c(-c3ccccn3)c2)ccn1. The van der Waals surface area contributed by atoms with Gasteiger partial charge in [0.25, 0.3) is 0 Å². The second-order valence-electron chi connectivity index (χ2n) is 20.7. The average molecular weight is 1220 g/mol. The van der Waals surface area contributed by atoms with Crippen LogP contribution in [0.4, 0.5) is 0 Å². The number of benzene rings is 9. The van der Waals surface area contributed by atoms with E-state index in [0.717, 1.165) is 93.0 Å². The monoisotopic (exact) mass is 1220 g/mol. The maximum Gasteiger partial charge on any atom is 3.00 e. The zero-order valence-corrected chi connectivity index (χ0v) is 47.7. The van der Waals surface area contributed by atoms with Gasteiger partial charge in [-0.1, -0.05) is 153 Å². The molecule has 0 aliphatic heterocycles.